The van der Waals surface area contributed by atoms with Crippen LogP contribution in [0.3, 0.4) is 0 Å². The van der Waals surface area contributed by atoms with Gasteiger partial charge in [-0.1, -0.05) is 5.21 Å². The second kappa shape index (κ2) is 6.91. The van der Waals surface area contributed by atoms with E-state index in [0.717, 1.165) is 0 Å². The number of phenols is 1. The zero-order chi connectivity index (χ0) is 17.8. The molecule has 0 aliphatic heterocycles. The van der Waals surface area contributed by atoms with Crippen LogP contribution < -0.4 is 14.8 Å². The van der Waals surface area contributed by atoms with Crippen molar-refractivity contribution in [3.63, 3.8) is 0 Å². The van der Waals surface area contributed by atoms with Gasteiger partial charge < -0.3 is 19.9 Å². The zero-order valence-corrected chi connectivity index (χ0v) is 13.6. The number of methoxy groups -OCH3 is 2. The van der Waals surface area contributed by atoms with Gasteiger partial charge in [-0.05, 0) is 36.4 Å². The minimum Gasteiger partial charge on any atom is -0.508 e. The van der Waals surface area contributed by atoms with Gasteiger partial charge in [-0.25, -0.2) is 4.68 Å². The summed E-state index contributed by atoms with van der Waals surface area (Å²) < 4.78 is 11.8. The SMILES string of the molecule is COc1ccc(NC(=O)c2cn(-c3ccc(O)cc3)nn2)cc1OC. The highest BCUT2D eigenvalue weighted by molar-refractivity contribution is 6.02. The van der Waals surface area contributed by atoms with Gasteiger partial charge in [0.2, 0.25) is 0 Å². The smallest absolute Gasteiger partial charge is 0.277 e. The molecule has 0 aliphatic carbocycles. The lowest BCUT2D eigenvalue weighted by molar-refractivity contribution is 0.102. The third kappa shape index (κ3) is 3.52. The number of aromatic hydroxyl groups is 1. The van der Waals surface area contributed by atoms with Gasteiger partial charge in [0.1, 0.15) is 5.75 Å². The van der Waals surface area contributed by atoms with E-state index >= 15 is 0 Å². The van der Waals surface area contributed by atoms with Gasteiger partial charge in [-0.15, -0.1) is 5.10 Å². The molecule has 0 saturated carbocycles. The van der Waals surface area contributed by atoms with Crippen molar-refractivity contribution in [2.24, 2.45) is 0 Å². The van der Waals surface area contributed by atoms with E-state index < -0.39 is 5.91 Å². The Morgan fingerprint density at radius 3 is 2.48 bits per heavy atom. The van der Waals surface area contributed by atoms with E-state index in [0.29, 0.717) is 22.9 Å². The van der Waals surface area contributed by atoms with E-state index in [1.807, 2.05) is 0 Å². The summed E-state index contributed by atoms with van der Waals surface area (Å²) in [4.78, 5) is 12.3. The molecule has 0 spiro atoms. The van der Waals surface area contributed by atoms with Crippen LogP contribution in [0.4, 0.5) is 5.69 Å². The molecule has 1 heterocycles. The fourth-order valence-electron chi connectivity index (χ4n) is 2.21. The lowest BCUT2D eigenvalue weighted by atomic mass is 10.2. The molecule has 2 aromatic carbocycles. The molecule has 25 heavy (non-hydrogen) atoms. The number of aromatic nitrogens is 3. The number of phenolic OH excluding ortho intramolecular Hbond substituents is 1. The van der Waals surface area contributed by atoms with Crippen LogP contribution in [0.25, 0.3) is 5.69 Å². The lowest BCUT2D eigenvalue weighted by Gasteiger charge is -2.09. The van der Waals surface area contributed by atoms with Gasteiger partial charge in [0.25, 0.3) is 5.91 Å². The second-order valence-electron chi connectivity index (χ2n) is 5.09. The van der Waals surface area contributed by atoms with E-state index in [9.17, 15) is 9.90 Å². The van der Waals surface area contributed by atoms with Crippen molar-refractivity contribution in [3.8, 4) is 22.9 Å². The molecule has 1 aromatic heterocycles. The predicted octanol–water partition coefficient (Wildman–Crippen LogP) is 2.24. The van der Waals surface area contributed by atoms with Crippen molar-refractivity contribution < 1.29 is 19.4 Å². The first kappa shape index (κ1) is 16.3. The minimum absolute atomic E-state index is 0.148. The number of carbonyl (C=O) groups excluding carboxylic acids is 1. The van der Waals surface area contributed by atoms with E-state index in [-0.39, 0.29) is 11.4 Å². The fourth-order valence-corrected chi connectivity index (χ4v) is 2.21. The van der Waals surface area contributed by atoms with Gasteiger partial charge in [0.05, 0.1) is 26.1 Å². The number of nitrogens with zero attached hydrogens (tertiary/aromatic N) is 3. The third-order valence-electron chi connectivity index (χ3n) is 3.48. The van der Waals surface area contributed by atoms with E-state index in [2.05, 4.69) is 15.6 Å². The molecule has 3 aromatic rings. The van der Waals surface area contributed by atoms with Crippen molar-refractivity contribution in [3.05, 3.63) is 54.4 Å². The first-order valence-electron chi connectivity index (χ1n) is 7.36. The molecular formula is C17H16N4O4. The highest BCUT2D eigenvalue weighted by Gasteiger charge is 2.13. The van der Waals surface area contributed by atoms with Gasteiger partial charge in [0.15, 0.2) is 17.2 Å². The molecule has 0 bridgehead atoms. The molecule has 0 aliphatic rings. The van der Waals surface area contributed by atoms with Gasteiger partial charge >= 0.3 is 0 Å². The Morgan fingerprint density at radius 1 is 1.08 bits per heavy atom. The maximum absolute atomic E-state index is 12.3. The monoisotopic (exact) mass is 340 g/mol. The standard InChI is InChI=1S/C17H16N4O4/c1-24-15-8-3-11(9-16(15)25-2)18-17(23)14-10-21(20-19-14)12-4-6-13(22)7-5-12/h3-10,22H,1-2H3,(H,18,23). The van der Waals surface area contributed by atoms with Crippen molar-refractivity contribution in [2.75, 3.05) is 19.5 Å². The Bertz CT molecular complexity index is 890. The Hall–Kier alpha value is -3.55. The van der Waals surface area contributed by atoms with E-state index in [1.54, 1.807) is 30.3 Å². The van der Waals surface area contributed by atoms with Crippen molar-refractivity contribution in [2.45, 2.75) is 0 Å². The van der Waals surface area contributed by atoms with E-state index in [1.165, 1.54) is 37.2 Å². The zero-order valence-electron chi connectivity index (χ0n) is 13.6. The average molecular weight is 340 g/mol. The molecule has 0 radical (unpaired) electrons. The summed E-state index contributed by atoms with van der Waals surface area (Å²) >= 11 is 0. The average Bonchev–Trinajstić information content (AvgIpc) is 3.12. The maximum atomic E-state index is 12.3. The molecule has 8 nitrogen and oxygen atoms in total. The van der Waals surface area contributed by atoms with Crippen LogP contribution in [0, 0.1) is 0 Å². The van der Waals surface area contributed by atoms with Crippen LogP contribution in [0.1, 0.15) is 10.5 Å². The number of carbonyl (C=O) groups is 1. The molecule has 3 rings (SSSR count). The molecular weight excluding hydrogens is 324 g/mol. The molecule has 128 valence electrons. The number of rotatable bonds is 5. The highest BCUT2D eigenvalue weighted by atomic mass is 16.5. The first-order valence-corrected chi connectivity index (χ1v) is 7.36. The fraction of sp³-hybridized carbons (Fsp3) is 0.118. The normalized spacial score (nSPS) is 10.3. The van der Waals surface area contributed by atoms with Gasteiger partial charge in [-0.3, -0.25) is 4.79 Å². The summed E-state index contributed by atoms with van der Waals surface area (Å²) in [6.45, 7) is 0. The molecule has 8 heteroatoms. The quantitative estimate of drug-likeness (QED) is 0.739. The van der Waals surface area contributed by atoms with Gasteiger partial charge in [-0.2, -0.15) is 0 Å². The van der Waals surface area contributed by atoms with Gasteiger partial charge in [0, 0.05) is 11.8 Å². The van der Waals surface area contributed by atoms with Crippen LogP contribution in [-0.2, 0) is 0 Å². The summed E-state index contributed by atoms with van der Waals surface area (Å²) in [6, 6.07) is 11.4. The first-order chi connectivity index (χ1) is 12.1. The Labute approximate surface area is 143 Å². The summed E-state index contributed by atoms with van der Waals surface area (Å²) in [6.07, 6.45) is 1.50. The molecule has 0 fully saturated rings. The summed E-state index contributed by atoms with van der Waals surface area (Å²) in [7, 11) is 3.06. The number of hydrogen-bond donors (Lipinski definition) is 2. The Kier molecular flexibility index (Phi) is 4.51. The highest BCUT2D eigenvalue weighted by Crippen LogP contribution is 2.29. The third-order valence-corrected chi connectivity index (χ3v) is 3.48. The molecule has 0 atom stereocenters. The summed E-state index contributed by atoms with van der Waals surface area (Å²) in [5.74, 6) is 0.819. The lowest BCUT2D eigenvalue weighted by Crippen LogP contribution is -2.12. The topological polar surface area (TPSA) is 98.5 Å². The number of anilines is 1. The number of ether oxygens (including phenoxy) is 2. The van der Waals surface area contributed by atoms with Crippen molar-refractivity contribution in [1.29, 1.82) is 0 Å². The van der Waals surface area contributed by atoms with Crippen molar-refractivity contribution >= 4 is 11.6 Å². The number of nitrogens with one attached hydrogen (secondary N) is 1. The van der Waals surface area contributed by atoms with Crippen LogP contribution in [0.5, 0.6) is 17.2 Å². The van der Waals surface area contributed by atoms with Crippen LogP contribution in [0.2, 0.25) is 0 Å². The summed E-state index contributed by atoms with van der Waals surface area (Å²) in [5, 5.41) is 19.8. The van der Waals surface area contributed by atoms with E-state index in [4.69, 9.17) is 9.47 Å². The Morgan fingerprint density at radius 2 is 1.80 bits per heavy atom. The number of hydrogen-bond acceptors (Lipinski definition) is 6. The largest absolute Gasteiger partial charge is 0.508 e. The van der Waals surface area contributed by atoms with Crippen molar-refractivity contribution in [1.82, 2.24) is 15.0 Å². The maximum Gasteiger partial charge on any atom is 0.277 e. The minimum atomic E-state index is -0.405. The van der Waals surface area contributed by atoms with Crippen LogP contribution >= 0.6 is 0 Å². The number of amides is 1. The summed E-state index contributed by atoms with van der Waals surface area (Å²) in [5.41, 5.74) is 1.38. The Balaban J connectivity index is 1.77. The molecule has 2 N–H and O–H groups in total. The number of benzene rings is 2. The van der Waals surface area contributed by atoms with Crippen LogP contribution in [0.15, 0.2) is 48.7 Å². The molecule has 0 unspecified atom stereocenters. The second-order valence-corrected chi connectivity index (χ2v) is 5.09. The molecule has 0 saturated heterocycles. The predicted molar refractivity (Wildman–Crippen MR) is 90.5 cm³/mol. The van der Waals surface area contributed by atoms with Crippen LogP contribution in [-0.4, -0.2) is 40.2 Å². The molecule has 1 amide bonds.